The lowest BCUT2D eigenvalue weighted by molar-refractivity contribution is 0.757. The third-order valence-corrected chi connectivity index (χ3v) is 4.72. The van der Waals surface area contributed by atoms with Gasteiger partial charge in [0.15, 0.2) is 5.96 Å². The van der Waals surface area contributed by atoms with E-state index in [-0.39, 0.29) is 0 Å². The van der Waals surface area contributed by atoms with Crippen molar-refractivity contribution in [2.45, 2.75) is 31.4 Å². The van der Waals surface area contributed by atoms with Crippen molar-refractivity contribution in [3.8, 4) is 0 Å². The molecule has 1 unspecified atom stereocenters. The lowest BCUT2D eigenvalue weighted by Gasteiger charge is -2.12. The van der Waals surface area contributed by atoms with E-state index in [0.717, 1.165) is 30.8 Å². The Morgan fingerprint density at radius 3 is 3.00 bits per heavy atom. The molecule has 1 rings (SSSR count). The molecule has 1 aliphatic heterocycles. The lowest BCUT2D eigenvalue weighted by Crippen LogP contribution is -2.38. The number of nitrogens with zero attached hydrogens (tertiary/aromatic N) is 1. The van der Waals surface area contributed by atoms with Crippen molar-refractivity contribution in [3.63, 3.8) is 0 Å². The van der Waals surface area contributed by atoms with Crippen LogP contribution in [-0.4, -0.2) is 48.6 Å². The number of guanidine groups is 1. The molecule has 0 aromatic rings. The summed E-state index contributed by atoms with van der Waals surface area (Å²) in [5.74, 6) is 3.52. The van der Waals surface area contributed by atoms with E-state index in [9.17, 15) is 0 Å². The van der Waals surface area contributed by atoms with E-state index in [1.54, 1.807) is 0 Å². The molecule has 5 heteroatoms. The number of hydrogen-bond donors (Lipinski definition) is 2. The Morgan fingerprint density at radius 1 is 1.47 bits per heavy atom. The summed E-state index contributed by atoms with van der Waals surface area (Å²) in [6.45, 7) is 5.03. The summed E-state index contributed by atoms with van der Waals surface area (Å²) in [7, 11) is 0. The van der Waals surface area contributed by atoms with Crippen LogP contribution in [0.4, 0.5) is 0 Å². The lowest BCUT2D eigenvalue weighted by atomic mass is 10.2. The minimum absolute atomic E-state index is 0.747. The Labute approximate surface area is 114 Å². The molecule has 1 fully saturated rings. The minimum atomic E-state index is 0.747. The highest BCUT2D eigenvalue weighted by Gasteiger charge is 2.14. The predicted molar refractivity (Wildman–Crippen MR) is 82.5 cm³/mol. The van der Waals surface area contributed by atoms with Crippen LogP contribution >= 0.6 is 23.5 Å². The minimum Gasteiger partial charge on any atom is -0.357 e. The number of nitrogens with one attached hydrogen (secondary N) is 2. The highest BCUT2D eigenvalue weighted by atomic mass is 32.2. The summed E-state index contributed by atoms with van der Waals surface area (Å²) in [6, 6.07) is 0. The van der Waals surface area contributed by atoms with Crippen molar-refractivity contribution in [3.05, 3.63) is 0 Å². The number of rotatable bonds is 7. The zero-order valence-electron chi connectivity index (χ0n) is 11.0. The number of thioether (sulfide) groups is 2. The number of hydrogen-bond acceptors (Lipinski definition) is 3. The summed E-state index contributed by atoms with van der Waals surface area (Å²) >= 11 is 3.97. The first-order valence-electron chi connectivity index (χ1n) is 6.49. The fourth-order valence-corrected chi connectivity index (χ4v) is 3.36. The average molecular weight is 275 g/mol. The van der Waals surface area contributed by atoms with E-state index in [4.69, 9.17) is 0 Å². The molecule has 1 saturated heterocycles. The van der Waals surface area contributed by atoms with Crippen molar-refractivity contribution < 1.29 is 0 Å². The van der Waals surface area contributed by atoms with Gasteiger partial charge in [-0.15, -0.1) is 0 Å². The molecule has 17 heavy (non-hydrogen) atoms. The summed E-state index contributed by atoms with van der Waals surface area (Å²) in [4.78, 5) is 4.66. The van der Waals surface area contributed by atoms with Crippen LogP contribution in [0.15, 0.2) is 4.99 Å². The van der Waals surface area contributed by atoms with Gasteiger partial charge in [0, 0.05) is 18.3 Å². The van der Waals surface area contributed by atoms with Crippen LogP contribution in [0.2, 0.25) is 0 Å². The molecule has 2 N–H and O–H groups in total. The second-order valence-electron chi connectivity index (χ2n) is 4.13. The molecule has 3 nitrogen and oxygen atoms in total. The molecular weight excluding hydrogens is 250 g/mol. The molecule has 0 saturated carbocycles. The van der Waals surface area contributed by atoms with Gasteiger partial charge in [0.1, 0.15) is 0 Å². The Kier molecular flexibility index (Phi) is 8.79. The van der Waals surface area contributed by atoms with Gasteiger partial charge in [-0.3, -0.25) is 4.99 Å². The first kappa shape index (κ1) is 15.0. The van der Waals surface area contributed by atoms with Crippen LogP contribution in [0, 0.1) is 0 Å². The second-order valence-corrected chi connectivity index (χ2v) is 6.52. The van der Waals surface area contributed by atoms with Gasteiger partial charge < -0.3 is 10.6 Å². The van der Waals surface area contributed by atoms with E-state index < -0.39 is 0 Å². The molecule has 0 aromatic carbocycles. The maximum absolute atomic E-state index is 4.66. The summed E-state index contributed by atoms with van der Waals surface area (Å²) < 4.78 is 0. The van der Waals surface area contributed by atoms with Crippen molar-refractivity contribution in [1.29, 1.82) is 0 Å². The predicted octanol–water partition coefficient (Wildman–Crippen LogP) is 2.19. The standard InChI is InChI=1S/C12H25N3S2/c1-3-13-12(14-7-5-8-16-2)15-10-11-6-4-9-17-11/h11H,3-10H2,1-2H3,(H2,13,14,15). The Morgan fingerprint density at radius 2 is 2.35 bits per heavy atom. The average Bonchev–Trinajstić information content (AvgIpc) is 2.84. The van der Waals surface area contributed by atoms with Crippen molar-refractivity contribution >= 4 is 29.5 Å². The van der Waals surface area contributed by atoms with E-state index in [0.29, 0.717) is 0 Å². The summed E-state index contributed by atoms with van der Waals surface area (Å²) in [6.07, 6.45) is 6.04. The van der Waals surface area contributed by atoms with Crippen LogP contribution in [0.3, 0.4) is 0 Å². The quantitative estimate of drug-likeness (QED) is 0.424. The fraction of sp³-hybridized carbons (Fsp3) is 0.917. The van der Waals surface area contributed by atoms with Gasteiger partial charge >= 0.3 is 0 Å². The normalized spacial score (nSPS) is 20.6. The van der Waals surface area contributed by atoms with E-state index in [1.165, 1.54) is 30.8 Å². The molecule has 0 radical (unpaired) electrons. The van der Waals surface area contributed by atoms with Gasteiger partial charge in [-0.05, 0) is 43.9 Å². The van der Waals surface area contributed by atoms with Crippen LogP contribution in [0.1, 0.15) is 26.2 Å². The summed E-state index contributed by atoms with van der Waals surface area (Å²) in [5.41, 5.74) is 0. The van der Waals surface area contributed by atoms with Crippen LogP contribution in [-0.2, 0) is 0 Å². The molecule has 1 atom stereocenters. The molecule has 1 heterocycles. The zero-order valence-corrected chi connectivity index (χ0v) is 12.6. The highest BCUT2D eigenvalue weighted by Crippen LogP contribution is 2.25. The Balaban J connectivity index is 2.22. The van der Waals surface area contributed by atoms with Crippen molar-refractivity contribution in [1.82, 2.24) is 10.6 Å². The first-order valence-corrected chi connectivity index (χ1v) is 8.93. The van der Waals surface area contributed by atoms with Gasteiger partial charge in [0.2, 0.25) is 0 Å². The molecule has 0 bridgehead atoms. The van der Waals surface area contributed by atoms with E-state index in [2.05, 4.69) is 40.6 Å². The van der Waals surface area contributed by atoms with E-state index in [1.807, 2.05) is 11.8 Å². The first-order chi connectivity index (χ1) is 8.36. The fourth-order valence-electron chi connectivity index (χ4n) is 1.75. The smallest absolute Gasteiger partial charge is 0.191 e. The highest BCUT2D eigenvalue weighted by molar-refractivity contribution is 8.00. The largest absolute Gasteiger partial charge is 0.357 e. The van der Waals surface area contributed by atoms with Gasteiger partial charge in [-0.25, -0.2) is 0 Å². The zero-order chi connectivity index (χ0) is 12.3. The van der Waals surface area contributed by atoms with Gasteiger partial charge in [0.05, 0.1) is 6.54 Å². The molecule has 0 amide bonds. The maximum atomic E-state index is 4.66. The van der Waals surface area contributed by atoms with Crippen molar-refractivity contribution in [2.75, 3.05) is 37.4 Å². The van der Waals surface area contributed by atoms with Crippen molar-refractivity contribution in [2.24, 2.45) is 4.99 Å². The topological polar surface area (TPSA) is 36.4 Å². The van der Waals surface area contributed by atoms with Crippen LogP contribution in [0.5, 0.6) is 0 Å². The molecule has 100 valence electrons. The molecule has 0 aliphatic carbocycles. The second kappa shape index (κ2) is 9.95. The molecule has 0 aromatic heterocycles. The number of aliphatic imine (C=N–C) groups is 1. The molecule has 1 aliphatic rings. The van der Waals surface area contributed by atoms with Crippen LogP contribution < -0.4 is 10.6 Å². The van der Waals surface area contributed by atoms with Crippen LogP contribution in [0.25, 0.3) is 0 Å². The Bertz CT molecular complexity index is 216. The van der Waals surface area contributed by atoms with Gasteiger partial charge in [-0.2, -0.15) is 23.5 Å². The third-order valence-electron chi connectivity index (χ3n) is 2.64. The van der Waals surface area contributed by atoms with Gasteiger partial charge in [0.25, 0.3) is 0 Å². The maximum Gasteiger partial charge on any atom is 0.191 e. The Hall–Kier alpha value is -0.0300. The van der Waals surface area contributed by atoms with Gasteiger partial charge in [-0.1, -0.05) is 0 Å². The molecule has 0 spiro atoms. The monoisotopic (exact) mass is 275 g/mol. The summed E-state index contributed by atoms with van der Waals surface area (Å²) in [5, 5.41) is 7.45. The third kappa shape index (κ3) is 7.09. The van der Waals surface area contributed by atoms with E-state index >= 15 is 0 Å². The SMILES string of the molecule is CCNC(=NCC1CCCS1)NCCCSC. The molecular formula is C12H25N3S2.